The zero-order valence-corrected chi connectivity index (χ0v) is 22.7. The van der Waals surface area contributed by atoms with Crippen LogP contribution in [0.5, 0.6) is 0 Å². The molecule has 0 saturated heterocycles. The Kier molecular flexibility index (Phi) is 10.4. The predicted molar refractivity (Wildman–Crippen MR) is 121 cm³/mol. The van der Waals surface area contributed by atoms with Gasteiger partial charge in [0.05, 0.1) is 4.90 Å². The first-order chi connectivity index (χ1) is 11.1. The molecule has 0 aliphatic rings. The van der Waals surface area contributed by atoms with E-state index < -0.39 is 30.7 Å². The maximum atomic E-state index is 12.7. The van der Waals surface area contributed by atoms with Gasteiger partial charge in [-0.2, -0.15) is 4.72 Å². The Morgan fingerprint density at radius 1 is 0.917 bits per heavy atom. The SMILES string of the molecule is Cc1ccc(S(=O)(=O)NC(P(=O)(OI)OI)P(=O)(OI)OI)cc1. The van der Waals surface area contributed by atoms with E-state index in [-0.39, 0.29) is 4.90 Å². The Balaban J connectivity index is 3.39. The molecule has 0 fully saturated rings. The van der Waals surface area contributed by atoms with E-state index in [4.69, 9.17) is 11.4 Å². The van der Waals surface area contributed by atoms with Gasteiger partial charge < -0.3 is 0 Å². The molecule has 0 radical (unpaired) electrons. The van der Waals surface area contributed by atoms with Gasteiger partial charge in [-0.05, 0) is 19.1 Å². The summed E-state index contributed by atoms with van der Waals surface area (Å²) in [6, 6.07) is 5.85. The van der Waals surface area contributed by atoms with Crippen LogP contribution in [0.4, 0.5) is 0 Å². The third kappa shape index (κ3) is 5.92. The van der Waals surface area contributed by atoms with Gasteiger partial charge in [0, 0.05) is 0 Å². The summed E-state index contributed by atoms with van der Waals surface area (Å²) in [5.41, 5.74) is -1.06. The van der Waals surface area contributed by atoms with Gasteiger partial charge in [0.1, 0.15) is 92.0 Å². The third-order valence-electron chi connectivity index (χ3n) is 2.58. The Labute approximate surface area is 195 Å². The van der Waals surface area contributed by atoms with Crippen molar-refractivity contribution >= 4 is 117 Å². The molecule has 0 aliphatic heterocycles. The number of rotatable bonds is 9. The maximum absolute atomic E-state index is 12.7. The average molecular weight is 849 g/mol. The second kappa shape index (κ2) is 10.2. The van der Waals surface area contributed by atoms with Gasteiger partial charge >= 0.3 is 15.2 Å². The topological polar surface area (TPSA) is 117 Å². The van der Waals surface area contributed by atoms with Crippen molar-refractivity contribution in [3.63, 3.8) is 0 Å². The second-order valence-electron chi connectivity index (χ2n) is 4.16. The minimum Gasteiger partial charge on any atom is -0.256 e. The van der Waals surface area contributed by atoms with Crippen LogP contribution in [0.3, 0.4) is 0 Å². The summed E-state index contributed by atoms with van der Waals surface area (Å²) in [5.74, 6) is 0. The number of aryl methyl sites for hydroxylation is 1. The molecule has 1 rings (SSSR count). The summed E-state index contributed by atoms with van der Waals surface area (Å²) < 4.78 is 71.3. The highest BCUT2D eigenvalue weighted by Crippen LogP contribution is 2.72. The zero-order chi connectivity index (χ0) is 18.6. The van der Waals surface area contributed by atoms with Gasteiger partial charge in [0.15, 0.2) is 0 Å². The van der Waals surface area contributed by atoms with Crippen molar-refractivity contribution in [1.29, 1.82) is 0 Å². The highest BCUT2D eigenvalue weighted by Gasteiger charge is 2.54. The summed E-state index contributed by atoms with van der Waals surface area (Å²) in [7, 11) is -12.6. The van der Waals surface area contributed by atoms with E-state index in [0.717, 1.165) is 5.56 Å². The van der Waals surface area contributed by atoms with Crippen LogP contribution in [0.25, 0.3) is 0 Å². The van der Waals surface area contributed by atoms with Crippen LogP contribution in [0.2, 0.25) is 0 Å². The van der Waals surface area contributed by atoms with E-state index in [1.54, 1.807) is 19.1 Å². The van der Waals surface area contributed by atoms with Crippen LogP contribution in [0.1, 0.15) is 5.56 Å². The van der Waals surface area contributed by atoms with Crippen molar-refractivity contribution in [3.8, 4) is 0 Å². The molecule has 0 atom stereocenters. The molecule has 0 aliphatic carbocycles. The van der Waals surface area contributed by atoms with Gasteiger partial charge in [-0.15, -0.1) is 0 Å². The lowest BCUT2D eigenvalue weighted by Crippen LogP contribution is -2.35. The van der Waals surface area contributed by atoms with Gasteiger partial charge in [0.2, 0.25) is 15.5 Å². The van der Waals surface area contributed by atoms with E-state index in [1.165, 1.54) is 104 Å². The Morgan fingerprint density at radius 2 is 1.29 bits per heavy atom. The van der Waals surface area contributed by atoms with E-state index >= 15 is 0 Å². The smallest absolute Gasteiger partial charge is 0.256 e. The molecule has 0 amide bonds. The fourth-order valence-electron chi connectivity index (χ4n) is 1.40. The van der Waals surface area contributed by atoms with Crippen molar-refractivity contribution in [2.45, 2.75) is 17.3 Å². The highest BCUT2D eigenvalue weighted by molar-refractivity contribution is 14.1. The van der Waals surface area contributed by atoms with Gasteiger partial charge in [-0.25, -0.2) is 19.8 Å². The highest BCUT2D eigenvalue weighted by atomic mass is 127. The summed E-state index contributed by atoms with van der Waals surface area (Å²) in [6.45, 7) is 1.79. The van der Waals surface area contributed by atoms with E-state index in [0.29, 0.717) is 0 Å². The van der Waals surface area contributed by atoms with Crippen LogP contribution in [0, 0.1) is 6.92 Å². The first kappa shape index (κ1) is 24.4. The van der Waals surface area contributed by atoms with Crippen molar-refractivity contribution in [3.05, 3.63) is 29.8 Å². The van der Waals surface area contributed by atoms with Crippen molar-refractivity contribution < 1.29 is 29.0 Å². The molecule has 0 unspecified atom stereocenters. The monoisotopic (exact) mass is 849 g/mol. The summed E-state index contributed by atoms with van der Waals surface area (Å²) in [5, 5.41) is 0. The molecule has 0 spiro atoms. The third-order valence-corrected chi connectivity index (χ3v) is 14.9. The predicted octanol–water partition coefficient (Wildman–Crippen LogP) is 5.41. The van der Waals surface area contributed by atoms with Crippen molar-refractivity contribution in [2.75, 3.05) is 0 Å². The van der Waals surface area contributed by atoms with Crippen molar-refractivity contribution in [2.24, 2.45) is 0 Å². The number of sulfonamides is 1. The number of hydrogen-bond donors (Lipinski definition) is 1. The molecule has 16 heteroatoms. The molecular formula is C8H9I4NO8P2S. The molecule has 1 aromatic rings. The average Bonchev–Trinajstić information content (AvgIpc) is 2.58. The van der Waals surface area contributed by atoms with E-state index in [2.05, 4.69) is 0 Å². The zero-order valence-electron chi connectivity index (χ0n) is 11.5. The minimum absolute atomic E-state index is 0.125. The van der Waals surface area contributed by atoms with Crippen LogP contribution in [-0.4, -0.2) is 13.9 Å². The molecule has 24 heavy (non-hydrogen) atoms. The first-order valence-electron chi connectivity index (χ1n) is 5.58. The fourth-order valence-corrected chi connectivity index (χ4v) is 14.2. The number of nitrogens with one attached hydrogen (secondary N) is 1. The standard InChI is InChI=1S/C8H9I4NO8P2S/c1-6-2-4-7(5-3-6)24(16,17)13-8(22(14,18-9)19-10)23(15,20-11)21-12/h2-5,8,13H,1H3. The lowest BCUT2D eigenvalue weighted by atomic mass is 10.2. The minimum atomic E-state index is -4.21. The molecular weight excluding hydrogens is 840 g/mol. The molecule has 0 bridgehead atoms. The van der Waals surface area contributed by atoms with Gasteiger partial charge in [-0.3, -0.25) is 9.13 Å². The quantitative estimate of drug-likeness (QED) is 0.259. The Morgan fingerprint density at radius 3 is 1.62 bits per heavy atom. The lowest BCUT2D eigenvalue weighted by Gasteiger charge is -2.26. The molecule has 0 heterocycles. The summed E-state index contributed by atoms with van der Waals surface area (Å²) >= 11 is 5.04. The largest absolute Gasteiger partial charge is 0.379 e. The molecule has 138 valence electrons. The summed E-state index contributed by atoms with van der Waals surface area (Å²) in [4.78, 5) is -0.125. The van der Waals surface area contributed by atoms with Crippen LogP contribution in [0.15, 0.2) is 29.2 Å². The second-order valence-corrected chi connectivity index (χ2v) is 14.8. The van der Waals surface area contributed by atoms with Crippen molar-refractivity contribution in [1.82, 2.24) is 4.72 Å². The molecule has 0 aromatic heterocycles. The number of halogens is 4. The van der Waals surface area contributed by atoms with Crippen LogP contribution < -0.4 is 4.72 Å². The molecule has 9 nitrogen and oxygen atoms in total. The lowest BCUT2D eigenvalue weighted by molar-refractivity contribution is 0.424. The van der Waals surface area contributed by atoms with Crippen LogP contribution >= 0.6 is 107 Å². The number of hydrogen-bond acceptors (Lipinski definition) is 8. The Hall–Kier alpha value is 2.35. The van der Waals surface area contributed by atoms with Gasteiger partial charge in [0.25, 0.3) is 0 Å². The summed E-state index contributed by atoms with van der Waals surface area (Å²) in [6.07, 6.45) is 0. The normalized spacial score (nSPS) is 13.4. The molecule has 0 saturated carbocycles. The van der Waals surface area contributed by atoms with Gasteiger partial charge in [-0.1, -0.05) is 17.7 Å². The number of benzene rings is 1. The van der Waals surface area contributed by atoms with Crippen LogP contribution in [-0.2, 0) is 30.6 Å². The fraction of sp³-hybridized carbons (Fsp3) is 0.250. The Bertz CT molecular complexity index is 718. The molecule has 1 aromatic carbocycles. The molecule has 1 N–H and O–H groups in total. The first-order valence-corrected chi connectivity index (χ1v) is 13.8. The van der Waals surface area contributed by atoms with E-state index in [1.807, 2.05) is 4.72 Å². The maximum Gasteiger partial charge on any atom is 0.379 e. The van der Waals surface area contributed by atoms with E-state index in [9.17, 15) is 17.5 Å².